The molecule has 1 unspecified atom stereocenters. The SMILES string of the molecule is Cc1ccccc1-c1ccccc1C(C)c1ccccc1C. The Balaban J connectivity index is 2.13. The molecule has 0 saturated carbocycles. The lowest BCUT2D eigenvalue weighted by Crippen LogP contribution is -2.01. The van der Waals surface area contributed by atoms with Crippen molar-refractivity contribution in [1.29, 1.82) is 0 Å². The van der Waals surface area contributed by atoms with E-state index in [4.69, 9.17) is 0 Å². The van der Waals surface area contributed by atoms with Gasteiger partial charge in [0.05, 0.1) is 0 Å². The van der Waals surface area contributed by atoms with Crippen molar-refractivity contribution in [1.82, 2.24) is 0 Å². The van der Waals surface area contributed by atoms with Crippen LogP contribution in [-0.4, -0.2) is 0 Å². The first kappa shape index (κ1) is 14.6. The molecule has 0 N–H and O–H groups in total. The molecule has 0 nitrogen and oxygen atoms in total. The standard InChI is InChI=1S/C22H22/c1-16-10-4-6-12-19(16)18(3)21-14-8-9-15-22(21)20-13-7-5-11-17(20)2/h4-15,18H,1-3H3. The number of aryl methyl sites for hydroxylation is 2. The highest BCUT2D eigenvalue weighted by Crippen LogP contribution is 2.35. The van der Waals surface area contributed by atoms with Crippen LogP contribution in [0, 0.1) is 13.8 Å². The van der Waals surface area contributed by atoms with Gasteiger partial charge in [-0.3, -0.25) is 0 Å². The van der Waals surface area contributed by atoms with E-state index in [-0.39, 0.29) is 0 Å². The molecule has 0 bridgehead atoms. The minimum absolute atomic E-state index is 0.386. The molecule has 1 atom stereocenters. The average Bonchev–Trinajstić information content (AvgIpc) is 2.55. The maximum absolute atomic E-state index is 2.31. The molecule has 3 aromatic carbocycles. The van der Waals surface area contributed by atoms with Crippen LogP contribution in [0.1, 0.15) is 35.1 Å². The first-order valence-corrected chi connectivity index (χ1v) is 7.89. The third kappa shape index (κ3) is 2.69. The van der Waals surface area contributed by atoms with Gasteiger partial charge in [0.2, 0.25) is 0 Å². The van der Waals surface area contributed by atoms with Crippen molar-refractivity contribution in [2.45, 2.75) is 26.7 Å². The molecule has 0 saturated heterocycles. The molecule has 22 heavy (non-hydrogen) atoms. The van der Waals surface area contributed by atoms with Gasteiger partial charge in [0.1, 0.15) is 0 Å². The number of rotatable bonds is 3. The van der Waals surface area contributed by atoms with Gasteiger partial charge in [-0.1, -0.05) is 79.7 Å². The summed E-state index contributed by atoms with van der Waals surface area (Å²) in [5.41, 5.74) is 8.16. The maximum Gasteiger partial charge on any atom is 0.00697 e. The molecule has 0 amide bonds. The van der Waals surface area contributed by atoms with E-state index in [2.05, 4.69) is 93.6 Å². The smallest absolute Gasteiger partial charge is 0.00697 e. The van der Waals surface area contributed by atoms with Crippen molar-refractivity contribution < 1.29 is 0 Å². The minimum atomic E-state index is 0.386. The number of hydrogen-bond acceptors (Lipinski definition) is 0. The van der Waals surface area contributed by atoms with Gasteiger partial charge >= 0.3 is 0 Å². The zero-order valence-electron chi connectivity index (χ0n) is 13.5. The van der Waals surface area contributed by atoms with Crippen LogP contribution in [0.2, 0.25) is 0 Å². The Morgan fingerprint density at radius 2 is 1.05 bits per heavy atom. The van der Waals surface area contributed by atoms with Gasteiger partial charge in [0, 0.05) is 5.92 Å². The zero-order chi connectivity index (χ0) is 15.5. The van der Waals surface area contributed by atoms with Crippen LogP contribution in [0.3, 0.4) is 0 Å². The van der Waals surface area contributed by atoms with Crippen LogP contribution >= 0.6 is 0 Å². The fourth-order valence-corrected chi connectivity index (χ4v) is 3.24. The van der Waals surface area contributed by atoms with Gasteiger partial charge in [0.25, 0.3) is 0 Å². The Labute approximate surface area is 133 Å². The third-order valence-corrected chi connectivity index (χ3v) is 4.52. The van der Waals surface area contributed by atoms with Crippen molar-refractivity contribution in [2.24, 2.45) is 0 Å². The van der Waals surface area contributed by atoms with E-state index in [1.807, 2.05) is 0 Å². The topological polar surface area (TPSA) is 0 Å². The van der Waals surface area contributed by atoms with E-state index < -0.39 is 0 Å². The van der Waals surface area contributed by atoms with Gasteiger partial charge in [-0.15, -0.1) is 0 Å². The van der Waals surface area contributed by atoms with Crippen molar-refractivity contribution >= 4 is 0 Å². The van der Waals surface area contributed by atoms with Crippen molar-refractivity contribution in [3.8, 4) is 11.1 Å². The highest BCUT2D eigenvalue weighted by molar-refractivity contribution is 5.71. The van der Waals surface area contributed by atoms with E-state index >= 15 is 0 Å². The first-order chi connectivity index (χ1) is 10.7. The molecule has 0 aliphatic heterocycles. The molecule has 3 rings (SSSR count). The molecule has 0 aliphatic carbocycles. The molecular formula is C22H22. The zero-order valence-corrected chi connectivity index (χ0v) is 13.5. The largest absolute Gasteiger partial charge is 0.0620 e. The first-order valence-electron chi connectivity index (χ1n) is 7.89. The van der Waals surface area contributed by atoms with Gasteiger partial charge < -0.3 is 0 Å². The Kier molecular flexibility index (Phi) is 4.11. The monoisotopic (exact) mass is 286 g/mol. The van der Waals surface area contributed by atoms with E-state index in [1.165, 1.54) is 33.4 Å². The molecule has 0 fully saturated rings. The fraction of sp³-hybridized carbons (Fsp3) is 0.182. The predicted molar refractivity (Wildman–Crippen MR) is 95.3 cm³/mol. The van der Waals surface area contributed by atoms with Gasteiger partial charge in [-0.05, 0) is 47.2 Å². The van der Waals surface area contributed by atoms with E-state index in [1.54, 1.807) is 0 Å². The Hall–Kier alpha value is -2.34. The second kappa shape index (κ2) is 6.19. The molecule has 0 heterocycles. The van der Waals surface area contributed by atoms with Crippen LogP contribution in [-0.2, 0) is 0 Å². The average molecular weight is 286 g/mol. The highest BCUT2D eigenvalue weighted by atomic mass is 14.2. The Bertz CT molecular complexity index is 783. The number of benzene rings is 3. The summed E-state index contributed by atoms with van der Waals surface area (Å²) in [6.45, 7) is 6.69. The molecule has 0 radical (unpaired) electrons. The molecular weight excluding hydrogens is 264 g/mol. The lowest BCUT2D eigenvalue weighted by atomic mass is 9.84. The van der Waals surface area contributed by atoms with Crippen molar-refractivity contribution in [2.75, 3.05) is 0 Å². The summed E-state index contributed by atoms with van der Waals surface area (Å²) in [7, 11) is 0. The van der Waals surface area contributed by atoms with Crippen LogP contribution in [0.5, 0.6) is 0 Å². The van der Waals surface area contributed by atoms with Crippen molar-refractivity contribution in [3.05, 3.63) is 95.1 Å². The normalized spacial score (nSPS) is 12.1. The summed E-state index contributed by atoms with van der Waals surface area (Å²) in [5, 5.41) is 0. The summed E-state index contributed by atoms with van der Waals surface area (Å²) in [5.74, 6) is 0.386. The predicted octanol–water partition coefficient (Wildman–Crippen LogP) is 6.12. The highest BCUT2D eigenvalue weighted by Gasteiger charge is 2.15. The van der Waals surface area contributed by atoms with E-state index in [0.717, 1.165) is 0 Å². The molecule has 0 heteroatoms. The van der Waals surface area contributed by atoms with Crippen LogP contribution in [0.15, 0.2) is 72.8 Å². The summed E-state index contributed by atoms with van der Waals surface area (Å²) in [6, 6.07) is 26.1. The van der Waals surface area contributed by atoms with Crippen molar-refractivity contribution in [3.63, 3.8) is 0 Å². The number of hydrogen-bond donors (Lipinski definition) is 0. The Morgan fingerprint density at radius 1 is 0.545 bits per heavy atom. The Morgan fingerprint density at radius 3 is 1.68 bits per heavy atom. The third-order valence-electron chi connectivity index (χ3n) is 4.52. The summed E-state index contributed by atoms with van der Waals surface area (Å²) < 4.78 is 0. The quantitative estimate of drug-likeness (QED) is 0.544. The van der Waals surface area contributed by atoms with Gasteiger partial charge in [-0.25, -0.2) is 0 Å². The fourth-order valence-electron chi connectivity index (χ4n) is 3.24. The summed E-state index contributed by atoms with van der Waals surface area (Å²) in [4.78, 5) is 0. The van der Waals surface area contributed by atoms with E-state index in [9.17, 15) is 0 Å². The molecule has 110 valence electrons. The molecule has 0 aromatic heterocycles. The maximum atomic E-state index is 2.31. The summed E-state index contributed by atoms with van der Waals surface area (Å²) >= 11 is 0. The lowest BCUT2D eigenvalue weighted by Gasteiger charge is -2.20. The molecule has 0 spiro atoms. The lowest BCUT2D eigenvalue weighted by molar-refractivity contribution is 0.912. The molecule has 3 aromatic rings. The summed E-state index contributed by atoms with van der Waals surface area (Å²) in [6.07, 6.45) is 0. The molecule has 0 aliphatic rings. The van der Waals surface area contributed by atoms with Crippen LogP contribution in [0.25, 0.3) is 11.1 Å². The minimum Gasteiger partial charge on any atom is -0.0620 e. The van der Waals surface area contributed by atoms with E-state index in [0.29, 0.717) is 5.92 Å². The van der Waals surface area contributed by atoms with Crippen LogP contribution < -0.4 is 0 Å². The van der Waals surface area contributed by atoms with Gasteiger partial charge in [0.15, 0.2) is 0 Å². The van der Waals surface area contributed by atoms with Gasteiger partial charge in [-0.2, -0.15) is 0 Å². The second-order valence-corrected chi connectivity index (χ2v) is 5.98. The van der Waals surface area contributed by atoms with Crippen LogP contribution in [0.4, 0.5) is 0 Å². The second-order valence-electron chi connectivity index (χ2n) is 5.98.